The highest BCUT2D eigenvalue weighted by molar-refractivity contribution is 5.73. The molecule has 1 heterocycles. The van der Waals surface area contributed by atoms with E-state index in [1.807, 2.05) is 0 Å². The van der Waals surface area contributed by atoms with E-state index in [1.54, 1.807) is 6.20 Å². The summed E-state index contributed by atoms with van der Waals surface area (Å²) in [5, 5.41) is 10.5. The predicted octanol–water partition coefficient (Wildman–Crippen LogP) is 0.771. The van der Waals surface area contributed by atoms with Crippen LogP contribution in [0.3, 0.4) is 0 Å². The normalized spacial score (nSPS) is 12.9. The third-order valence-corrected chi connectivity index (χ3v) is 2.67. The molecule has 96 valence electrons. The number of rotatable bonds is 8. The second-order valence-electron chi connectivity index (χ2n) is 4.08. The largest absolute Gasteiger partial charge is 0.480 e. The number of nitrogens with one attached hydrogen (secondary N) is 1. The van der Waals surface area contributed by atoms with E-state index in [0.29, 0.717) is 13.0 Å². The zero-order valence-electron chi connectivity index (χ0n) is 10.1. The number of aromatic amines is 1. The van der Waals surface area contributed by atoms with Crippen molar-refractivity contribution >= 4 is 5.97 Å². The molecule has 0 fully saturated rings. The van der Waals surface area contributed by atoms with Gasteiger partial charge in [-0.05, 0) is 6.42 Å². The molecule has 1 aromatic rings. The minimum Gasteiger partial charge on any atom is -0.480 e. The Bertz CT molecular complexity index is 326. The van der Waals surface area contributed by atoms with E-state index in [1.165, 1.54) is 11.3 Å². The first-order chi connectivity index (χ1) is 8.15. The fraction of sp³-hybridized carbons (Fsp3) is 0.636. The van der Waals surface area contributed by atoms with Crippen LogP contribution in [0.4, 0.5) is 0 Å². The molecular formula is C11H20N4O2. The zero-order chi connectivity index (χ0) is 12.7. The van der Waals surface area contributed by atoms with Crippen LogP contribution >= 0.6 is 0 Å². The van der Waals surface area contributed by atoms with Gasteiger partial charge in [0.2, 0.25) is 0 Å². The van der Waals surface area contributed by atoms with Crippen molar-refractivity contribution < 1.29 is 9.90 Å². The Hall–Kier alpha value is -1.40. The monoisotopic (exact) mass is 240 g/mol. The molecule has 0 saturated heterocycles. The lowest BCUT2D eigenvalue weighted by Crippen LogP contribution is -2.47. The van der Waals surface area contributed by atoms with Gasteiger partial charge in [0.15, 0.2) is 0 Å². The summed E-state index contributed by atoms with van der Waals surface area (Å²) in [6.45, 7) is 2.69. The van der Waals surface area contributed by atoms with E-state index in [9.17, 15) is 4.79 Å². The molecular weight excluding hydrogens is 220 g/mol. The number of nitrogens with two attached hydrogens (primary N) is 1. The van der Waals surface area contributed by atoms with Crippen molar-refractivity contribution in [2.45, 2.75) is 38.6 Å². The van der Waals surface area contributed by atoms with Gasteiger partial charge in [0.25, 0.3) is 0 Å². The number of hydrogen-bond acceptors (Lipinski definition) is 4. The minimum absolute atomic E-state index is 0.345. The average molecular weight is 240 g/mol. The number of nitrogens with zero attached hydrogens (tertiary/aromatic N) is 2. The maximum absolute atomic E-state index is 11.1. The number of hydrazine groups is 1. The van der Waals surface area contributed by atoms with Crippen molar-refractivity contribution in [3.8, 4) is 0 Å². The maximum Gasteiger partial charge on any atom is 0.322 e. The van der Waals surface area contributed by atoms with Gasteiger partial charge in [-0.15, -0.1) is 0 Å². The number of carbonyl (C=O) groups is 1. The lowest BCUT2D eigenvalue weighted by atomic mass is 10.1. The quantitative estimate of drug-likeness (QED) is 0.354. The van der Waals surface area contributed by atoms with Gasteiger partial charge < -0.3 is 10.1 Å². The van der Waals surface area contributed by atoms with Gasteiger partial charge in [-0.25, -0.2) is 9.99 Å². The van der Waals surface area contributed by atoms with Gasteiger partial charge >= 0.3 is 5.97 Å². The van der Waals surface area contributed by atoms with Crippen LogP contribution in [-0.4, -0.2) is 38.6 Å². The molecule has 1 rings (SSSR count). The highest BCUT2D eigenvalue weighted by Crippen LogP contribution is 2.06. The van der Waals surface area contributed by atoms with Crippen molar-refractivity contribution in [1.82, 2.24) is 15.0 Å². The van der Waals surface area contributed by atoms with Crippen LogP contribution in [0, 0.1) is 0 Å². The summed E-state index contributed by atoms with van der Waals surface area (Å²) < 4.78 is 0. The topological polar surface area (TPSA) is 95.2 Å². The zero-order valence-corrected chi connectivity index (χ0v) is 10.1. The summed E-state index contributed by atoms with van der Waals surface area (Å²) in [6.07, 6.45) is 6.57. The summed E-state index contributed by atoms with van der Waals surface area (Å²) in [7, 11) is 0. The molecule has 4 N–H and O–H groups in total. The first-order valence-corrected chi connectivity index (χ1v) is 5.86. The fourth-order valence-corrected chi connectivity index (χ4v) is 1.65. The van der Waals surface area contributed by atoms with Gasteiger partial charge in [-0.3, -0.25) is 10.6 Å². The van der Waals surface area contributed by atoms with E-state index in [2.05, 4.69) is 16.9 Å². The second kappa shape index (κ2) is 7.03. The molecule has 1 unspecified atom stereocenters. The third-order valence-electron chi connectivity index (χ3n) is 2.67. The smallest absolute Gasteiger partial charge is 0.322 e. The number of unbranched alkanes of at least 4 members (excludes halogenated alkanes) is 2. The summed E-state index contributed by atoms with van der Waals surface area (Å²) in [5.74, 6) is 4.89. The Morgan fingerprint density at radius 3 is 2.94 bits per heavy atom. The SMILES string of the molecule is CCCCCN(N)C(Cc1cnc[nH]1)C(=O)O. The first-order valence-electron chi connectivity index (χ1n) is 5.86. The molecule has 0 amide bonds. The number of H-pyrrole nitrogens is 1. The minimum atomic E-state index is -0.904. The Morgan fingerprint density at radius 2 is 2.41 bits per heavy atom. The second-order valence-corrected chi connectivity index (χ2v) is 4.08. The Morgan fingerprint density at radius 1 is 1.65 bits per heavy atom. The summed E-state index contributed by atoms with van der Waals surface area (Å²) >= 11 is 0. The molecule has 17 heavy (non-hydrogen) atoms. The lowest BCUT2D eigenvalue weighted by Gasteiger charge is -2.23. The van der Waals surface area contributed by atoms with E-state index >= 15 is 0 Å². The van der Waals surface area contributed by atoms with Crippen molar-refractivity contribution in [2.75, 3.05) is 6.54 Å². The number of hydrogen-bond donors (Lipinski definition) is 3. The number of aromatic nitrogens is 2. The molecule has 6 nitrogen and oxygen atoms in total. The lowest BCUT2D eigenvalue weighted by molar-refractivity contribution is -0.143. The highest BCUT2D eigenvalue weighted by atomic mass is 16.4. The van der Waals surface area contributed by atoms with Crippen molar-refractivity contribution in [2.24, 2.45) is 5.84 Å². The van der Waals surface area contributed by atoms with Gasteiger partial charge in [0.05, 0.1) is 6.33 Å². The van der Waals surface area contributed by atoms with E-state index in [0.717, 1.165) is 25.0 Å². The van der Waals surface area contributed by atoms with Gasteiger partial charge in [0.1, 0.15) is 6.04 Å². The first kappa shape index (κ1) is 13.7. The number of imidazole rings is 1. The van der Waals surface area contributed by atoms with E-state index in [4.69, 9.17) is 10.9 Å². The molecule has 0 bridgehead atoms. The molecule has 6 heteroatoms. The van der Waals surface area contributed by atoms with Crippen molar-refractivity contribution in [3.05, 3.63) is 18.2 Å². The number of aliphatic carboxylic acids is 1. The van der Waals surface area contributed by atoms with Crippen LogP contribution in [0.15, 0.2) is 12.5 Å². The van der Waals surface area contributed by atoms with E-state index < -0.39 is 12.0 Å². The van der Waals surface area contributed by atoms with Crippen molar-refractivity contribution in [1.29, 1.82) is 0 Å². The summed E-state index contributed by atoms with van der Waals surface area (Å²) in [5.41, 5.74) is 0.781. The Labute approximate surface area is 101 Å². The van der Waals surface area contributed by atoms with Crippen LogP contribution in [0.5, 0.6) is 0 Å². The predicted molar refractivity (Wildman–Crippen MR) is 64.1 cm³/mol. The Balaban J connectivity index is 2.50. The molecule has 0 aliphatic heterocycles. The summed E-state index contributed by atoms with van der Waals surface area (Å²) in [4.78, 5) is 17.9. The van der Waals surface area contributed by atoms with Gasteiger partial charge in [-0.2, -0.15) is 0 Å². The standard InChI is InChI=1S/C11H20N4O2/c1-2-3-4-5-15(12)10(11(16)17)6-9-7-13-8-14-9/h7-8,10H,2-6,12H2,1H3,(H,13,14)(H,16,17). The van der Waals surface area contributed by atoms with E-state index in [-0.39, 0.29) is 0 Å². The fourth-order valence-electron chi connectivity index (χ4n) is 1.65. The summed E-state index contributed by atoms with van der Waals surface area (Å²) in [6, 6.07) is -0.702. The van der Waals surface area contributed by atoms with Crippen molar-refractivity contribution in [3.63, 3.8) is 0 Å². The number of carboxylic acids is 1. The van der Waals surface area contributed by atoms with Crippen LogP contribution in [-0.2, 0) is 11.2 Å². The Kier molecular flexibility index (Phi) is 5.65. The highest BCUT2D eigenvalue weighted by Gasteiger charge is 2.23. The molecule has 0 aromatic carbocycles. The molecule has 1 atom stereocenters. The van der Waals surface area contributed by atoms with Gasteiger partial charge in [-0.1, -0.05) is 19.8 Å². The molecule has 0 spiro atoms. The molecule has 0 aliphatic rings. The molecule has 1 aromatic heterocycles. The van der Waals surface area contributed by atoms with Crippen LogP contribution in [0.2, 0.25) is 0 Å². The number of carboxylic acid groups (broad SMARTS) is 1. The molecule has 0 radical (unpaired) electrons. The maximum atomic E-state index is 11.1. The van der Waals surface area contributed by atoms with Crippen LogP contribution in [0.25, 0.3) is 0 Å². The van der Waals surface area contributed by atoms with Crippen LogP contribution in [0.1, 0.15) is 31.9 Å². The van der Waals surface area contributed by atoms with Gasteiger partial charge in [0, 0.05) is 24.9 Å². The average Bonchev–Trinajstić information content (AvgIpc) is 2.78. The van der Waals surface area contributed by atoms with Crippen LogP contribution < -0.4 is 5.84 Å². The third kappa shape index (κ3) is 4.54. The molecule has 0 saturated carbocycles. The molecule has 0 aliphatic carbocycles.